The molecule has 1 rings (SSSR count). The van der Waals surface area contributed by atoms with Crippen LogP contribution in [0.15, 0.2) is 29.2 Å². The minimum Gasteiger partial charge on any atom is -0.389 e. The van der Waals surface area contributed by atoms with Gasteiger partial charge in [0.15, 0.2) is 0 Å². The van der Waals surface area contributed by atoms with E-state index in [1.807, 2.05) is 0 Å². The average molecular weight is 285 g/mol. The van der Waals surface area contributed by atoms with E-state index in [1.54, 1.807) is 39.1 Å². The van der Waals surface area contributed by atoms with Gasteiger partial charge in [-0.3, -0.25) is 4.79 Å². The van der Waals surface area contributed by atoms with E-state index in [4.69, 9.17) is 0 Å². The Balaban J connectivity index is 2.37. The van der Waals surface area contributed by atoms with E-state index >= 15 is 0 Å². The second-order valence-corrected chi connectivity index (χ2v) is 6.23. The molecule has 106 valence electrons. The summed E-state index contributed by atoms with van der Waals surface area (Å²) in [6, 6.07) is 6.52. The van der Waals surface area contributed by atoms with E-state index in [9.17, 15) is 14.3 Å². The standard InChI is InChI=1S/C14H20FNO2S/c1-14(2,18)10-16(3)13(17)8-9-19-12-7-5-4-6-11(12)15/h4-7,18H,8-10H2,1-3H3. The topological polar surface area (TPSA) is 40.5 Å². The smallest absolute Gasteiger partial charge is 0.223 e. The summed E-state index contributed by atoms with van der Waals surface area (Å²) >= 11 is 1.33. The molecule has 0 heterocycles. The summed E-state index contributed by atoms with van der Waals surface area (Å²) in [7, 11) is 1.66. The molecular weight excluding hydrogens is 265 g/mol. The van der Waals surface area contributed by atoms with Crippen molar-refractivity contribution in [3.05, 3.63) is 30.1 Å². The zero-order valence-corrected chi connectivity index (χ0v) is 12.3. The van der Waals surface area contributed by atoms with Crippen LogP contribution in [0.2, 0.25) is 0 Å². The van der Waals surface area contributed by atoms with Crippen molar-refractivity contribution in [2.24, 2.45) is 0 Å². The van der Waals surface area contributed by atoms with Crippen LogP contribution in [0.3, 0.4) is 0 Å². The second kappa shape index (κ2) is 6.91. The molecule has 0 saturated heterocycles. The third-order valence-corrected chi connectivity index (χ3v) is 3.51. The summed E-state index contributed by atoms with van der Waals surface area (Å²) in [5.74, 6) is 0.214. The zero-order valence-electron chi connectivity index (χ0n) is 11.5. The first kappa shape index (κ1) is 16.0. The third kappa shape index (κ3) is 6.07. The van der Waals surface area contributed by atoms with Crippen LogP contribution in [0, 0.1) is 5.82 Å². The van der Waals surface area contributed by atoms with E-state index in [0.29, 0.717) is 17.1 Å². The average Bonchev–Trinajstić information content (AvgIpc) is 2.29. The van der Waals surface area contributed by atoms with Crippen molar-refractivity contribution in [2.45, 2.75) is 30.8 Å². The number of amides is 1. The largest absolute Gasteiger partial charge is 0.389 e. The highest BCUT2D eigenvalue weighted by Gasteiger charge is 2.19. The van der Waals surface area contributed by atoms with Crippen LogP contribution in [-0.2, 0) is 4.79 Å². The maximum absolute atomic E-state index is 13.3. The number of thioether (sulfide) groups is 1. The summed E-state index contributed by atoms with van der Waals surface area (Å²) < 4.78 is 13.3. The second-order valence-electron chi connectivity index (χ2n) is 5.09. The fraction of sp³-hybridized carbons (Fsp3) is 0.500. The number of aliphatic hydroxyl groups is 1. The van der Waals surface area contributed by atoms with Gasteiger partial charge >= 0.3 is 0 Å². The van der Waals surface area contributed by atoms with E-state index in [0.717, 1.165) is 0 Å². The van der Waals surface area contributed by atoms with Crippen LogP contribution in [0.25, 0.3) is 0 Å². The van der Waals surface area contributed by atoms with E-state index < -0.39 is 5.60 Å². The molecule has 0 aromatic heterocycles. The highest BCUT2D eigenvalue weighted by molar-refractivity contribution is 7.99. The lowest BCUT2D eigenvalue weighted by atomic mass is 10.1. The lowest BCUT2D eigenvalue weighted by Crippen LogP contribution is -2.39. The molecule has 19 heavy (non-hydrogen) atoms. The molecule has 1 aromatic rings. The summed E-state index contributed by atoms with van der Waals surface area (Å²) in [6.45, 7) is 3.60. The van der Waals surface area contributed by atoms with Gasteiger partial charge in [0.1, 0.15) is 5.82 Å². The summed E-state index contributed by atoms with van der Waals surface area (Å²) in [5.41, 5.74) is -0.900. The molecule has 0 aliphatic heterocycles. The molecule has 0 saturated carbocycles. The van der Waals surface area contributed by atoms with Gasteiger partial charge in [-0.1, -0.05) is 12.1 Å². The van der Waals surface area contributed by atoms with Crippen molar-refractivity contribution in [1.29, 1.82) is 0 Å². The van der Waals surface area contributed by atoms with Gasteiger partial charge in [0.2, 0.25) is 5.91 Å². The first-order valence-corrected chi connectivity index (χ1v) is 7.12. The van der Waals surface area contributed by atoms with Crippen LogP contribution >= 0.6 is 11.8 Å². The Morgan fingerprint density at radius 1 is 1.42 bits per heavy atom. The number of nitrogens with zero attached hydrogens (tertiary/aromatic N) is 1. The number of hydrogen-bond acceptors (Lipinski definition) is 3. The van der Waals surface area contributed by atoms with Gasteiger partial charge in [0, 0.05) is 30.7 Å². The predicted octanol–water partition coefficient (Wildman–Crippen LogP) is 2.54. The Bertz CT molecular complexity index is 432. The normalized spacial score (nSPS) is 11.4. The van der Waals surface area contributed by atoms with Gasteiger partial charge < -0.3 is 10.0 Å². The lowest BCUT2D eigenvalue weighted by Gasteiger charge is -2.25. The Labute approximate surface area is 117 Å². The van der Waals surface area contributed by atoms with Crippen molar-refractivity contribution in [1.82, 2.24) is 4.90 Å². The van der Waals surface area contributed by atoms with Gasteiger partial charge in [-0.15, -0.1) is 11.8 Å². The minimum absolute atomic E-state index is 0.0500. The number of halogens is 1. The molecule has 3 nitrogen and oxygen atoms in total. The van der Waals surface area contributed by atoms with Gasteiger partial charge in [0.25, 0.3) is 0 Å². The molecule has 0 fully saturated rings. The molecule has 0 aliphatic rings. The van der Waals surface area contributed by atoms with Crippen molar-refractivity contribution >= 4 is 17.7 Å². The van der Waals surface area contributed by atoms with E-state index in [1.165, 1.54) is 22.7 Å². The van der Waals surface area contributed by atoms with Crippen LogP contribution in [0.5, 0.6) is 0 Å². The van der Waals surface area contributed by atoms with Gasteiger partial charge in [-0.25, -0.2) is 4.39 Å². The third-order valence-electron chi connectivity index (χ3n) is 2.46. The van der Waals surface area contributed by atoms with Crippen LogP contribution in [0.1, 0.15) is 20.3 Å². The molecule has 1 aromatic carbocycles. The predicted molar refractivity (Wildman–Crippen MR) is 75.7 cm³/mol. The lowest BCUT2D eigenvalue weighted by molar-refractivity contribution is -0.132. The number of carbonyl (C=O) groups excluding carboxylic acids is 1. The highest BCUT2D eigenvalue weighted by atomic mass is 32.2. The van der Waals surface area contributed by atoms with Crippen LogP contribution < -0.4 is 0 Å². The van der Waals surface area contributed by atoms with Crippen LogP contribution in [0.4, 0.5) is 4.39 Å². The SMILES string of the molecule is CN(CC(C)(C)O)C(=O)CCSc1ccccc1F. The molecular formula is C14H20FNO2S. The Morgan fingerprint density at radius 2 is 2.05 bits per heavy atom. The number of carbonyl (C=O) groups is 1. The molecule has 0 aliphatic carbocycles. The van der Waals surface area contributed by atoms with Gasteiger partial charge in [-0.05, 0) is 26.0 Å². The maximum atomic E-state index is 13.3. The van der Waals surface area contributed by atoms with Crippen molar-refractivity contribution in [3.8, 4) is 0 Å². The summed E-state index contributed by atoms with van der Waals surface area (Å²) in [5, 5.41) is 9.63. The molecule has 0 bridgehead atoms. The van der Waals surface area contributed by atoms with E-state index in [-0.39, 0.29) is 18.3 Å². The monoisotopic (exact) mass is 285 g/mol. The number of rotatable bonds is 6. The summed E-state index contributed by atoms with van der Waals surface area (Å²) in [4.78, 5) is 13.9. The van der Waals surface area contributed by atoms with Gasteiger partial charge in [0.05, 0.1) is 5.60 Å². The van der Waals surface area contributed by atoms with Crippen molar-refractivity contribution in [3.63, 3.8) is 0 Å². The highest BCUT2D eigenvalue weighted by Crippen LogP contribution is 2.22. The fourth-order valence-corrected chi connectivity index (χ4v) is 2.55. The Kier molecular flexibility index (Phi) is 5.82. The number of hydrogen-bond donors (Lipinski definition) is 1. The fourth-order valence-electron chi connectivity index (χ4n) is 1.67. The molecule has 0 unspecified atom stereocenters. The van der Waals surface area contributed by atoms with Crippen molar-refractivity contribution < 1.29 is 14.3 Å². The molecule has 1 N–H and O–H groups in total. The first-order chi connectivity index (χ1) is 8.79. The quantitative estimate of drug-likeness (QED) is 0.817. The van der Waals surface area contributed by atoms with Crippen LogP contribution in [-0.4, -0.2) is 40.9 Å². The molecule has 0 spiro atoms. The molecule has 1 amide bonds. The van der Waals surface area contributed by atoms with Crippen molar-refractivity contribution in [2.75, 3.05) is 19.3 Å². The number of likely N-dealkylation sites (N-methyl/N-ethyl adjacent to an activating group) is 1. The summed E-state index contributed by atoms with van der Waals surface area (Å²) in [6.07, 6.45) is 0.325. The maximum Gasteiger partial charge on any atom is 0.223 e. The Hall–Kier alpha value is -1.07. The van der Waals surface area contributed by atoms with Gasteiger partial charge in [-0.2, -0.15) is 0 Å². The molecule has 5 heteroatoms. The van der Waals surface area contributed by atoms with E-state index in [2.05, 4.69) is 0 Å². The number of benzene rings is 1. The Morgan fingerprint density at radius 3 is 2.63 bits per heavy atom. The first-order valence-electron chi connectivity index (χ1n) is 6.13. The molecule has 0 radical (unpaired) electrons. The minimum atomic E-state index is -0.900. The zero-order chi connectivity index (χ0) is 14.5. The molecule has 0 atom stereocenters.